The molecule has 23 heavy (non-hydrogen) atoms. The Balaban J connectivity index is 2.45. The average Bonchev–Trinajstić information content (AvgIpc) is 2.68. The summed E-state index contributed by atoms with van der Waals surface area (Å²) in [7, 11) is 0. The molecule has 2 bridgehead atoms. The van der Waals surface area contributed by atoms with E-state index >= 15 is 0 Å². The van der Waals surface area contributed by atoms with E-state index in [2.05, 4.69) is 0 Å². The fraction of sp³-hybridized carbons (Fsp3) is 0.857. The predicted molar refractivity (Wildman–Crippen MR) is 64.1 cm³/mol. The van der Waals surface area contributed by atoms with Crippen molar-refractivity contribution < 1.29 is 40.3 Å². The van der Waals surface area contributed by atoms with Gasteiger partial charge in [-0.15, -0.1) is 0 Å². The molecule has 2 aliphatic rings. The molecule has 0 aromatic carbocycles. The quantitative estimate of drug-likeness (QED) is 0.570. The lowest BCUT2D eigenvalue weighted by Gasteiger charge is -2.32. The zero-order chi connectivity index (χ0) is 18.2. The molecule has 0 saturated heterocycles. The number of carbonyl (C=O) groups is 2. The Labute approximate surface area is 127 Å². The highest BCUT2D eigenvalue weighted by molar-refractivity contribution is 6.10. The van der Waals surface area contributed by atoms with E-state index < -0.39 is 52.3 Å². The SMILES string of the molecule is CC1(C)[C@@H]2CC[C@@]1(C)C(=O)[C@@H]2C(=O)C(F)(F)C(F)(F)C(F)(F)F. The molecule has 0 spiro atoms. The van der Waals surface area contributed by atoms with Crippen molar-refractivity contribution >= 4 is 11.6 Å². The first-order valence-corrected chi connectivity index (χ1v) is 6.94. The molecular formula is C14H15F7O2. The zero-order valence-corrected chi connectivity index (χ0v) is 12.5. The van der Waals surface area contributed by atoms with Gasteiger partial charge in [-0.1, -0.05) is 20.8 Å². The van der Waals surface area contributed by atoms with Gasteiger partial charge in [-0.3, -0.25) is 9.59 Å². The summed E-state index contributed by atoms with van der Waals surface area (Å²) in [4.78, 5) is 24.1. The summed E-state index contributed by atoms with van der Waals surface area (Å²) in [5.74, 6) is -19.2. The van der Waals surface area contributed by atoms with Gasteiger partial charge in [0.1, 0.15) is 5.78 Å². The zero-order valence-electron chi connectivity index (χ0n) is 12.5. The van der Waals surface area contributed by atoms with Gasteiger partial charge in [-0.2, -0.15) is 30.7 Å². The van der Waals surface area contributed by atoms with Gasteiger partial charge in [-0.05, 0) is 24.2 Å². The number of halogens is 7. The summed E-state index contributed by atoms with van der Waals surface area (Å²) >= 11 is 0. The van der Waals surface area contributed by atoms with E-state index in [1.165, 1.54) is 20.8 Å². The first-order chi connectivity index (χ1) is 10.0. The number of Topliss-reactive ketones (excluding diaryl/α,β-unsaturated/α-hetero) is 2. The number of hydrogen-bond donors (Lipinski definition) is 0. The molecule has 9 heteroatoms. The maximum atomic E-state index is 13.6. The fourth-order valence-electron chi connectivity index (χ4n) is 3.92. The van der Waals surface area contributed by atoms with Crippen LogP contribution in [-0.4, -0.2) is 29.6 Å². The lowest BCUT2D eigenvalue weighted by molar-refractivity contribution is -0.344. The first-order valence-electron chi connectivity index (χ1n) is 6.94. The van der Waals surface area contributed by atoms with Crippen molar-refractivity contribution in [2.24, 2.45) is 22.7 Å². The maximum Gasteiger partial charge on any atom is 0.460 e. The molecule has 2 aliphatic carbocycles. The molecule has 0 radical (unpaired) electrons. The van der Waals surface area contributed by atoms with E-state index in [0.29, 0.717) is 0 Å². The van der Waals surface area contributed by atoms with Gasteiger partial charge >= 0.3 is 18.0 Å². The van der Waals surface area contributed by atoms with Gasteiger partial charge in [0.15, 0.2) is 0 Å². The van der Waals surface area contributed by atoms with Crippen molar-refractivity contribution in [3.8, 4) is 0 Å². The Morgan fingerprint density at radius 3 is 1.87 bits per heavy atom. The highest BCUT2D eigenvalue weighted by Crippen LogP contribution is 2.66. The number of carbonyl (C=O) groups excluding carboxylic acids is 2. The molecule has 0 aliphatic heterocycles. The summed E-state index contributed by atoms with van der Waals surface area (Å²) < 4.78 is 90.1. The van der Waals surface area contributed by atoms with E-state index in [9.17, 15) is 40.3 Å². The minimum absolute atomic E-state index is 0.152. The monoisotopic (exact) mass is 348 g/mol. The minimum atomic E-state index is -6.59. The van der Waals surface area contributed by atoms with Crippen LogP contribution in [0.1, 0.15) is 33.6 Å². The van der Waals surface area contributed by atoms with E-state index in [0.717, 1.165) is 0 Å². The van der Waals surface area contributed by atoms with Crippen molar-refractivity contribution in [3.05, 3.63) is 0 Å². The van der Waals surface area contributed by atoms with Crippen molar-refractivity contribution in [1.82, 2.24) is 0 Å². The number of fused-ring (bicyclic) bond motifs is 2. The van der Waals surface area contributed by atoms with Crippen molar-refractivity contribution in [3.63, 3.8) is 0 Å². The van der Waals surface area contributed by atoms with E-state index in [1.807, 2.05) is 0 Å². The molecule has 0 aromatic rings. The van der Waals surface area contributed by atoms with Crippen molar-refractivity contribution in [1.29, 1.82) is 0 Å². The van der Waals surface area contributed by atoms with Crippen LogP contribution in [0, 0.1) is 22.7 Å². The van der Waals surface area contributed by atoms with Crippen LogP contribution in [0.15, 0.2) is 0 Å². The van der Waals surface area contributed by atoms with E-state index in [4.69, 9.17) is 0 Å². The number of rotatable bonds is 3. The Hall–Kier alpha value is -1.15. The second-order valence-corrected chi connectivity index (χ2v) is 7.05. The maximum absolute atomic E-state index is 13.6. The fourth-order valence-corrected chi connectivity index (χ4v) is 3.92. The Morgan fingerprint density at radius 2 is 1.52 bits per heavy atom. The summed E-state index contributed by atoms with van der Waals surface area (Å²) in [6.07, 6.45) is -6.15. The van der Waals surface area contributed by atoms with Crippen LogP contribution in [0.3, 0.4) is 0 Å². The Morgan fingerprint density at radius 1 is 1.04 bits per heavy atom. The van der Waals surface area contributed by atoms with Crippen molar-refractivity contribution in [2.45, 2.75) is 51.6 Å². The third-order valence-electron chi connectivity index (χ3n) is 5.88. The summed E-state index contributed by atoms with van der Waals surface area (Å²) in [6.45, 7) is 4.51. The second kappa shape index (κ2) is 4.47. The van der Waals surface area contributed by atoms with Crippen LogP contribution in [0.4, 0.5) is 30.7 Å². The molecule has 132 valence electrons. The normalized spacial score (nSPS) is 34.1. The standard InChI is InChI=1S/C14H15F7O2/c1-10(2)6-4-5-11(10,3)8(22)7(6)9(23)12(15,16)13(17,18)14(19,20)21/h6-7H,4-5H2,1-3H3/t6-,7-,11+/m1/s1. The van der Waals surface area contributed by atoms with Crippen LogP contribution in [-0.2, 0) is 9.59 Å². The van der Waals surface area contributed by atoms with Crippen molar-refractivity contribution in [2.75, 3.05) is 0 Å². The largest absolute Gasteiger partial charge is 0.460 e. The third-order valence-corrected chi connectivity index (χ3v) is 5.88. The molecule has 3 atom stereocenters. The molecule has 2 rings (SSSR count). The molecule has 0 amide bonds. The molecule has 0 unspecified atom stereocenters. The predicted octanol–water partition coefficient (Wildman–Crippen LogP) is 4.03. The third kappa shape index (κ3) is 1.94. The van der Waals surface area contributed by atoms with Gasteiger partial charge in [0.2, 0.25) is 5.78 Å². The van der Waals surface area contributed by atoms with E-state index in [-0.39, 0.29) is 12.8 Å². The minimum Gasteiger partial charge on any atom is -0.298 e. The molecule has 0 N–H and O–H groups in total. The molecule has 0 aromatic heterocycles. The second-order valence-electron chi connectivity index (χ2n) is 7.05. The number of ketones is 2. The van der Waals surface area contributed by atoms with E-state index in [1.54, 1.807) is 0 Å². The number of alkyl halides is 7. The molecule has 2 saturated carbocycles. The topological polar surface area (TPSA) is 34.1 Å². The number of hydrogen-bond acceptors (Lipinski definition) is 2. The van der Waals surface area contributed by atoms with Gasteiger partial charge in [0.05, 0.1) is 5.92 Å². The van der Waals surface area contributed by atoms with Crippen LogP contribution in [0.25, 0.3) is 0 Å². The molecule has 0 heterocycles. The first kappa shape index (κ1) is 18.2. The van der Waals surface area contributed by atoms with Gasteiger partial charge in [0, 0.05) is 5.41 Å². The Bertz CT molecular complexity index is 564. The molecule has 2 fully saturated rings. The van der Waals surface area contributed by atoms with Crippen LogP contribution < -0.4 is 0 Å². The average molecular weight is 348 g/mol. The Kier molecular flexibility index (Phi) is 3.54. The molecule has 2 nitrogen and oxygen atoms in total. The highest BCUT2D eigenvalue weighted by atomic mass is 19.4. The summed E-state index contributed by atoms with van der Waals surface area (Å²) in [5.41, 5.74) is -2.10. The van der Waals surface area contributed by atoms with Gasteiger partial charge in [-0.25, -0.2) is 0 Å². The summed E-state index contributed by atoms with van der Waals surface area (Å²) in [5, 5.41) is 0. The lowest BCUT2D eigenvalue weighted by Crippen LogP contribution is -2.59. The van der Waals surface area contributed by atoms with Gasteiger partial charge < -0.3 is 0 Å². The molecular weight excluding hydrogens is 333 g/mol. The summed E-state index contributed by atoms with van der Waals surface area (Å²) in [6, 6.07) is 0. The van der Waals surface area contributed by atoms with Crippen LogP contribution in [0.2, 0.25) is 0 Å². The van der Waals surface area contributed by atoms with Crippen LogP contribution in [0.5, 0.6) is 0 Å². The smallest absolute Gasteiger partial charge is 0.298 e. The lowest BCUT2D eigenvalue weighted by atomic mass is 9.70. The highest BCUT2D eigenvalue weighted by Gasteiger charge is 2.79. The van der Waals surface area contributed by atoms with Crippen LogP contribution >= 0.6 is 0 Å². The van der Waals surface area contributed by atoms with Gasteiger partial charge in [0.25, 0.3) is 0 Å².